The van der Waals surface area contributed by atoms with Gasteiger partial charge in [-0.3, -0.25) is 9.59 Å². The quantitative estimate of drug-likeness (QED) is 0.805. The van der Waals surface area contributed by atoms with Gasteiger partial charge in [0.15, 0.2) is 0 Å². The fourth-order valence-electron chi connectivity index (χ4n) is 2.55. The first kappa shape index (κ1) is 15.7. The van der Waals surface area contributed by atoms with E-state index >= 15 is 0 Å². The maximum Gasteiger partial charge on any atom is 0.264 e. The SMILES string of the molecule is Cc1nc(C(C)(C)C)[nH]c(=O)c1C(=O)N1CCCC(N)C1. The standard InChI is InChI=1S/C15H24N4O2/c1-9-11(12(20)18-14(17-9)15(2,3)4)13(21)19-7-5-6-10(16)8-19/h10H,5-8,16H2,1-4H3,(H,17,18,20). The number of rotatable bonds is 1. The van der Waals surface area contributed by atoms with Gasteiger partial charge in [0, 0.05) is 24.5 Å². The van der Waals surface area contributed by atoms with Crippen LogP contribution >= 0.6 is 0 Å². The Balaban J connectivity index is 2.36. The van der Waals surface area contributed by atoms with Crippen LogP contribution in [0.3, 0.4) is 0 Å². The molecular weight excluding hydrogens is 268 g/mol. The summed E-state index contributed by atoms with van der Waals surface area (Å²) in [7, 11) is 0. The summed E-state index contributed by atoms with van der Waals surface area (Å²) < 4.78 is 0. The summed E-state index contributed by atoms with van der Waals surface area (Å²) in [6.07, 6.45) is 1.79. The molecule has 2 heterocycles. The van der Waals surface area contributed by atoms with Crippen LogP contribution in [0.2, 0.25) is 0 Å². The third kappa shape index (κ3) is 3.32. The molecule has 1 aromatic rings. The van der Waals surface area contributed by atoms with Gasteiger partial charge >= 0.3 is 0 Å². The van der Waals surface area contributed by atoms with E-state index in [2.05, 4.69) is 9.97 Å². The largest absolute Gasteiger partial charge is 0.337 e. The molecule has 1 atom stereocenters. The number of hydrogen-bond donors (Lipinski definition) is 2. The second-order valence-corrected chi connectivity index (χ2v) is 6.78. The van der Waals surface area contributed by atoms with E-state index in [0.29, 0.717) is 24.6 Å². The number of hydrogen-bond acceptors (Lipinski definition) is 4. The van der Waals surface area contributed by atoms with E-state index in [9.17, 15) is 9.59 Å². The van der Waals surface area contributed by atoms with Gasteiger partial charge in [-0.15, -0.1) is 0 Å². The number of nitrogens with one attached hydrogen (secondary N) is 1. The Morgan fingerprint density at radius 1 is 1.43 bits per heavy atom. The fraction of sp³-hybridized carbons (Fsp3) is 0.667. The van der Waals surface area contributed by atoms with Gasteiger partial charge < -0.3 is 15.6 Å². The molecule has 0 aliphatic carbocycles. The van der Waals surface area contributed by atoms with Gasteiger partial charge in [0.1, 0.15) is 11.4 Å². The van der Waals surface area contributed by atoms with Crippen LogP contribution in [0.5, 0.6) is 0 Å². The monoisotopic (exact) mass is 292 g/mol. The van der Waals surface area contributed by atoms with Gasteiger partial charge in [-0.1, -0.05) is 20.8 Å². The number of piperidine rings is 1. The first-order chi connectivity index (χ1) is 9.70. The van der Waals surface area contributed by atoms with Gasteiger partial charge in [-0.2, -0.15) is 0 Å². The lowest BCUT2D eigenvalue weighted by Crippen LogP contribution is -2.47. The smallest absolute Gasteiger partial charge is 0.264 e. The van der Waals surface area contributed by atoms with Crippen LogP contribution in [0.25, 0.3) is 0 Å². The molecule has 1 saturated heterocycles. The summed E-state index contributed by atoms with van der Waals surface area (Å²) in [5, 5.41) is 0. The Bertz CT molecular complexity index is 601. The van der Waals surface area contributed by atoms with Crippen LogP contribution in [0.4, 0.5) is 0 Å². The van der Waals surface area contributed by atoms with Crippen LogP contribution in [0.15, 0.2) is 4.79 Å². The molecule has 0 radical (unpaired) electrons. The maximum atomic E-state index is 12.6. The van der Waals surface area contributed by atoms with Crippen molar-refractivity contribution >= 4 is 5.91 Å². The predicted octanol–water partition coefficient (Wildman–Crippen LogP) is 0.939. The van der Waals surface area contributed by atoms with Crippen molar-refractivity contribution in [1.82, 2.24) is 14.9 Å². The van der Waals surface area contributed by atoms with E-state index in [1.54, 1.807) is 11.8 Å². The summed E-state index contributed by atoms with van der Waals surface area (Å²) in [5.41, 5.74) is 5.89. The topological polar surface area (TPSA) is 92.1 Å². The van der Waals surface area contributed by atoms with Crippen LogP contribution in [0, 0.1) is 6.92 Å². The maximum absolute atomic E-state index is 12.6. The lowest BCUT2D eigenvalue weighted by Gasteiger charge is -2.31. The molecule has 1 fully saturated rings. The van der Waals surface area contributed by atoms with Crippen molar-refractivity contribution in [1.29, 1.82) is 0 Å². The number of nitrogens with two attached hydrogens (primary N) is 1. The molecule has 1 aromatic heterocycles. The van der Waals surface area contributed by atoms with Gasteiger partial charge in [0.05, 0.1) is 5.69 Å². The second kappa shape index (κ2) is 5.60. The van der Waals surface area contributed by atoms with Crippen molar-refractivity contribution in [3.8, 4) is 0 Å². The van der Waals surface area contributed by atoms with E-state index in [1.165, 1.54) is 0 Å². The molecule has 0 spiro atoms. The van der Waals surface area contributed by atoms with E-state index in [0.717, 1.165) is 12.8 Å². The lowest BCUT2D eigenvalue weighted by atomic mass is 9.95. The zero-order valence-electron chi connectivity index (χ0n) is 13.2. The zero-order valence-corrected chi connectivity index (χ0v) is 13.2. The number of aromatic amines is 1. The normalized spacial score (nSPS) is 19.7. The highest BCUT2D eigenvalue weighted by atomic mass is 16.2. The number of likely N-dealkylation sites (tertiary alicyclic amines) is 1. The second-order valence-electron chi connectivity index (χ2n) is 6.78. The Labute approximate surface area is 124 Å². The molecule has 3 N–H and O–H groups in total. The predicted molar refractivity (Wildman–Crippen MR) is 81.4 cm³/mol. The average molecular weight is 292 g/mol. The van der Waals surface area contributed by atoms with Crippen LogP contribution in [0.1, 0.15) is 55.5 Å². The molecule has 116 valence electrons. The molecule has 1 aliphatic heterocycles. The Morgan fingerprint density at radius 3 is 2.62 bits per heavy atom. The molecule has 1 amide bonds. The molecule has 1 aliphatic rings. The van der Waals surface area contributed by atoms with E-state index in [-0.39, 0.29) is 28.5 Å². The minimum atomic E-state index is -0.364. The number of aromatic nitrogens is 2. The van der Waals surface area contributed by atoms with Crippen molar-refractivity contribution in [3.05, 3.63) is 27.4 Å². The summed E-state index contributed by atoms with van der Waals surface area (Å²) in [5.74, 6) is 0.328. The molecule has 21 heavy (non-hydrogen) atoms. The first-order valence-electron chi connectivity index (χ1n) is 7.36. The number of aryl methyl sites for hydroxylation is 1. The van der Waals surface area contributed by atoms with Crippen molar-refractivity contribution < 1.29 is 4.79 Å². The number of amides is 1. The lowest BCUT2D eigenvalue weighted by molar-refractivity contribution is 0.0705. The van der Waals surface area contributed by atoms with Gasteiger partial charge in [-0.05, 0) is 19.8 Å². The van der Waals surface area contributed by atoms with Crippen LogP contribution in [-0.4, -0.2) is 39.9 Å². The Morgan fingerprint density at radius 2 is 2.10 bits per heavy atom. The molecule has 0 bridgehead atoms. The minimum Gasteiger partial charge on any atom is -0.337 e. The zero-order chi connectivity index (χ0) is 15.8. The molecule has 6 heteroatoms. The molecule has 0 saturated carbocycles. The fourth-order valence-corrected chi connectivity index (χ4v) is 2.55. The van der Waals surface area contributed by atoms with E-state index in [1.807, 2.05) is 20.8 Å². The highest BCUT2D eigenvalue weighted by Crippen LogP contribution is 2.18. The Hall–Kier alpha value is -1.69. The number of carbonyl (C=O) groups is 1. The summed E-state index contributed by atoms with van der Waals surface area (Å²) in [6, 6.07) is -0.0103. The van der Waals surface area contributed by atoms with Gasteiger partial charge in [0.25, 0.3) is 11.5 Å². The number of nitrogens with zero attached hydrogens (tertiary/aromatic N) is 2. The first-order valence-corrected chi connectivity index (χ1v) is 7.36. The van der Waals surface area contributed by atoms with Crippen molar-refractivity contribution in [2.75, 3.05) is 13.1 Å². The number of carbonyl (C=O) groups excluding carboxylic acids is 1. The Kier molecular flexibility index (Phi) is 4.18. The number of H-pyrrole nitrogens is 1. The average Bonchev–Trinajstić information content (AvgIpc) is 2.36. The van der Waals surface area contributed by atoms with Crippen molar-refractivity contribution in [3.63, 3.8) is 0 Å². The molecular formula is C15H24N4O2. The van der Waals surface area contributed by atoms with Crippen LogP contribution < -0.4 is 11.3 Å². The molecule has 2 rings (SSSR count). The van der Waals surface area contributed by atoms with Gasteiger partial charge in [-0.25, -0.2) is 4.98 Å². The van der Waals surface area contributed by atoms with Crippen molar-refractivity contribution in [2.24, 2.45) is 5.73 Å². The highest BCUT2D eigenvalue weighted by molar-refractivity contribution is 5.94. The van der Waals surface area contributed by atoms with E-state index < -0.39 is 0 Å². The molecule has 0 aromatic carbocycles. The highest BCUT2D eigenvalue weighted by Gasteiger charge is 2.27. The molecule has 6 nitrogen and oxygen atoms in total. The minimum absolute atomic E-state index is 0.0103. The summed E-state index contributed by atoms with van der Waals surface area (Å²) in [4.78, 5) is 33.7. The van der Waals surface area contributed by atoms with Gasteiger partial charge in [0.2, 0.25) is 0 Å². The summed E-state index contributed by atoms with van der Waals surface area (Å²) >= 11 is 0. The van der Waals surface area contributed by atoms with E-state index in [4.69, 9.17) is 5.73 Å². The third-order valence-corrected chi connectivity index (χ3v) is 3.77. The van der Waals surface area contributed by atoms with Crippen LogP contribution in [-0.2, 0) is 5.41 Å². The summed E-state index contributed by atoms with van der Waals surface area (Å²) in [6.45, 7) is 8.76. The third-order valence-electron chi connectivity index (χ3n) is 3.77. The van der Waals surface area contributed by atoms with Crippen molar-refractivity contribution in [2.45, 2.75) is 52.0 Å². The molecule has 1 unspecified atom stereocenters.